The maximum atomic E-state index is 12.9. The molecule has 2 N–H and O–H groups in total. The molecular formula is C19H25N2O5S+. The SMILES string of the molecule is COC(=O)[C@]1(CCSC)[NH2+][C@H](c2ccc(OC)cc2)[C@H]2C(=O)N(C)C(=O)[C@H]21. The molecule has 2 amide bonds. The molecule has 0 aliphatic carbocycles. The highest BCUT2D eigenvalue weighted by atomic mass is 32.2. The number of ether oxygens (including phenoxy) is 2. The van der Waals surface area contributed by atoms with Gasteiger partial charge in [-0.05, 0) is 36.3 Å². The van der Waals surface area contributed by atoms with E-state index in [-0.39, 0.29) is 17.9 Å². The Morgan fingerprint density at radius 3 is 2.44 bits per heavy atom. The molecule has 1 aromatic rings. The number of imide groups is 1. The molecule has 0 unspecified atom stereocenters. The number of benzene rings is 1. The Hall–Kier alpha value is -2.06. The maximum absolute atomic E-state index is 12.9. The first-order chi connectivity index (χ1) is 12.9. The Kier molecular flexibility index (Phi) is 5.48. The number of rotatable bonds is 6. The third-order valence-electron chi connectivity index (χ3n) is 5.78. The van der Waals surface area contributed by atoms with Gasteiger partial charge in [-0.3, -0.25) is 14.5 Å². The van der Waals surface area contributed by atoms with E-state index in [1.807, 2.05) is 35.8 Å². The van der Waals surface area contributed by atoms with Crippen molar-refractivity contribution in [2.75, 3.05) is 33.3 Å². The number of carbonyl (C=O) groups is 3. The summed E-state index contributed by atoms with van der Waals surface area (Å²) in [7, 11) is 4.41. The molecule has 2 aliphatic rings. The van der Waals surface area contributed by atoms with Crippen molar-refractivity contribution in [2.45, 2.75) is 18.0 Å². The highest BCUT2D eigenvalue weighted by molar-refractivity contribution is 7.98. The van der Waals surface area contributed by atoms with Crippen LogP contribution in [0.5, 0.6) is 5.75 Å². The van der Waals surface area contributed by atoms with Crippen molar-refractivity contribution < 1.29 is 29.2 Å². The van der Waals surface area contributed by atoms with Crippen LogP contribution in [0.3, 0.4) is 0 Å². The number of esters is 1. The number of carbonyl (C=O) groups excluding carboxylic acids is 3. The molecule has 0 aromatic heterocycles. The van der Waals surface area contributed by atoms with Gasteiger partial charge in [0.15, 0.2) is 0 Å². The van der Waals surface area contributed by atoms with Crippen molar-refractivity contribution in [3.05, 3.63) is 29.8 Å². The van der Waals surface area contributed by atoms with Crippen LogP contribution in [0.15, 0.2) is 24.3 Å². The summed E-state index contributed by atoms with van der Waals surface area (Å²) in [6.45, 7) is 0. The van der Waals surface area contributed by atoms with Crippen LogP contribution in [-0.4, -0.2) is 61.5 Å². The molecule has 2 fully saturated rings. The van der Waals surface area contributed by atoms with Crippen LogP contribution in [0.25, 0.3) is 0 Å². The van der Waals surface area contributed by atoms with Crippen LogP contribution in [0, 0.1) is 11.8 Å². The summed E-state index contributed by atoms with van der Waals surface area (Å²) in [5, 5.41) is 1.88. The average molecular weight is 393 g/mol. The summed E-state index contributed by atoms with van der Waals surface area (Å²) >= 11 is 1.60. The highest BCUT2D eigenvalue weighted by Crippen LogP contribution is 2.45. The first kappa shape index (κ1) is 19.7. The van der Waals surface area contributed by atoms with Gasteiger partial charge >= 0.3 is 5.97 Å². The predicted octanol–water partition coefficient (Wildman–Crippen LogP) is 0.209. The van der Waals surface area contributed by atoms with Crippen molar-refractivity contribution in [1.82, 2.24) is 4.90 Å². The first-order valence-corrected chi connectivity index (χ1v) is 10.2. The third-order valence-corrected chi connectivity index (χ3v) is 6.39. The maximum Gasteiger partial charge on any atom is 0.368 e. The minimum absolute atomic E-state index is 0.239. The normalized spacial score (nSPS) is 29.8. The van der Waals surface area contributed by atoms with E-state index >= 15 is 0 Å². The number of hydrogen-bond donors (Lipinski definition) is 1. The van der Waals surface area contributed by atoms with Crippen LogP contribution >= 0.6 is 11.8 Å². The fourth-order valence-electron chi connectivity index (χ4n) is 4.39. The highest BCUT2D eigenvalue weighted by Gasteiger charge is 2.71. The first-order valence-electron chi connectivity index (χ1n) is 8.80. The lowest BCUT2D eigenvalue weighted by atomic mass is 9.78. The fraction of sp³-hybridized carbons (Fsp3) is 0.526. The van der Waals surface area contributed by atoms with Gasteiger partial charge in [-0.25, -0.2) is 4.79 Å². The molecule has 2 aliphatic heterocycles. The largest absolute Gasteiger partial charge is 0.497 e. The number of likely N-dealkylation sites (tertiary alicyclic amines) is 1. The summed E-state index contributed by atoms with van der Waals surface area (Å²) in [5.41, 5.74) is -0.206. The minimum Gasteiger partial charge on any atom is -0.497 e. The molecule has 4 atom stereocenters. The molecule has 3 rings (SSSR count). The smallest absolute Gasteiger partial charge is 0.368 e. The summed E-state index contributed by atoms with van der Waals surface area (Å²) in [6, 6.07) is 7.08. The third kappa shape index (κ3) is 3.00. The van der Waals surface area contributed by atoms with Crippen LogP contribution in [0.2, 0.25) is 0 Å². The van der Waals surface area contributed by atoms with E-state index < -0.39 is 23.3 Å². The van der Waals surface area contributed by atoms with Gasteiger partial charge in [0, 0.05) is 19.0 Å². The molecule has 2 heterocycles. The summed E-state index contributed by atoms with van der Waals surface area (Å²) in [5.74, 6) is -0.894. The number of nitrogens with two attached hydrogens (primary N) is 1. The van der Waals surface area contributed by atoms with Crippen LogP contribution in [0.4, 0.5) is 0 Å². The van der Waals surface area contributed by atoms with Gasteiger partial charge in [0.2, 0.25) is 17.4 Å². The molecule has 0 spiro atoms. The van der Waals surface area contributed by atoms with E-state index in [4.69, 9.17) is 9.47 Å². The van der Waals surface area contributed by atoms with Crippen molar-refractivity contribution in [1.29, 1.82) is 0 Å². The van der Waals surface area contributed by atoms with Crippen molar-refractivity contribution in [3.8, 4) is 5.75 Å². The van der Waals surface area contributed by atoms with Crippen molar-refractivity contribution in [2.24, 2.45) is 11.8 Å². The van der Waals surface area contributed by atoms with Crippen LogP contribution in [0.1, 0.15) is 18.0 Å². The standard InChI is InChI=1S/C19H24N2O5S/c1-21-16(22)13-14(17(21)23)19(9-10-27-4,18(24)26-3)20-15(13)11-5-7-12(25-2)8-6-11/h5-8,13-15,20H,9-10H2,1-4H3/p+1/t13-,14-,15+,19+/m0/s1. The lowest BCUT2D eigenvalue weighted by Crippen LogP contribution is -2.98. The molecule has 0 bridgehead atoms. The van der Waals surface area contributed by atoms with E-state index in [2.05, 4.69) is 0 Å². The second kappa shape index (κ2) is 7.52. The number of amides is 2. The Bertz CT molecular complexity index is 753. The quantitative estimate of drug-likeness (QED) is 0.549. The summed E-state index contributed by atoms with van der Waals surface area (Å²) in [4.78, 5) is 39.8. The number of quaternary nitrogens is 1. The summed E-state index contributed by atoms with van der Waals surface area (Å²) < 4.78 is 10.3. The lowest BCUT2D eigenvalue weighted by molar-refractivity contribution is -0.734. The average Bonchev–Trinajstić information content (AvgIpc) is 3.16. The summed E-state index contributed by atoms with van der Waals surface area (Å²) in [6.07, 6.45) is 2.41. The van der Waals surface area contributed by atoms with Gasteiger partial charge in [-0.15, -0.1) is 0 Å². The van der Waals surface area contributed by atoms with Gasteiger partial charge < -0.3 is 14.8 Å². The number of thioether (sulfide) groups is 1. The Labute approximate surface area is 162 Å². The van der Waals surface area contributed by atoms with Crippen LogP contribution < -0.4 is 10.1 Å². The Morgan fingerprint density at radius 1 is 1.22 bits per heavy atom. The molecule has 0 saturated carbocycles. The second-order valence-corrected chi connectivity index (χ2v) is 7.96. The van der Waals surface area contributed by atoms with E-state index in [1.54, 1.807) is 18.9 Å². The van der Waals surface area contributed by atoms with E-state index in [0.717, 1.165) is 10.5 Å². The van der Waals surface area contributed by atoms with E-state index in [0.29, 0.717) is 17.9 Å². The van der Waals surface area contributed by atoms with Crippen molar-refractivity contribution in [3.63, 3.8) is 0 Å². The number of methoxy groups -OCH3 is 2. The monoisotopic (exact) mass is 393 g/mol. The Morgan fingerprint density at radius 2 is 1.89 bits per heavy atom. The predicted molar refractivity (Wildman–Crippen MR) is 100 cm³/mol. The number of hydrogen-bond acceptors (Lipinski definition) is 6. The minimum atomic E-state index is -1.09. The van der Waals surface area contributed by atoms with Crippen molar-refractivity contribution >= 4 is 29.5 Å². The molecule has 27 heavy (non-hydrogen) atoms. The molecule has 2 saturated heterocycles. The zero-order chi connectivity index (χ0) is 19.8. The number of nitrogens with zero attached hydrogens (tertiary/aromatic N) is 1. The van der Waals surface area contributed by atoms with Gasteiger partial charge in [-0.2, -0.15) is 11.8 Å². The second-order valence-electron chi connectivity index (χ2n) is 6.98. The zero-order valence-corrected chi connectivity index (χ0v) is 16.7. The van der Waals surface area contributed by atoms with E-state index in [1.165, 1.54) is 14.2 Å². The molecular weight excluding hydrogens is 368 g/mol. The lowest BCUT2D eigenvalue weighted by Gasteiger charge is -2.28. The van der Waals surface area contributed by atoms with E-state index in [9.17, 15) is 14.4 Å². The Balaban J connectivity index is 2.09. The fourth-order valence-corrected chi connectivity index (χ4v) is 4.93. The molecule has 1 aromatic carbocycles. The molecule has 0 radical (unpaired) electrons. The molecule has 146 valence electrons. The van der Waals surface area contributed by atoms with Gasteiger partial charge in [0.1, 0.15) is 23.6 Å². The molecule has 8 heteroatoms. The molecule has 7 nitrogen and oxygen atoms in total. The number of fused-ring (bicyclic) bond motifs is 1. The van der Waals surface area contributed by atoms with Gasteiger partial charge in [-0.1, -0.05) is 0 Å². The van der Waals surface area contributed by atoms with Gasteiger partial charge in [0.25, 0.3) is 0 Å². The topological polar surface area (TPSA) is 89.5 Å². The van der Waals surface area contributed by atoms with Crippen LogP contribution in [-0.2, 0) is 19.1 Å². The zero-order valence-electron chi connectivity index (χ0n) is 15.9. The van der Waals surface area contributed by atoms with Gasteiger partial charge in [0.05, 0.1) is 14.2 Å².